The molecule has 0 bridgehead atoms. The maximum atomic E-state index is 12.5. The van der Waals surface area contributed by atoms with Crippen LogP contribution in [-0.2, 0) is 22.2 Å². The van der Waals surface area contributed by atoms with Crippen LogP contribution in [0.4, 0.5) is 5.82 Å². The standard InChI is InChI=1S/C31H34N4O6S/c1-2-9-26-24-11-8-12-27(36)25(24)15-16-28(26)39-19-7-3-6-18-32-31(37)23-14-17-30(33-20-23)35-34-21-22-10-4-5-13-29(22)42-41-40-38/h2,4-5,10,13-17,20-21,38H,1,3,6-9,11-12,18-19H2,(H,32,37)(H,33,35)/b34-21+. The number of allylic oxidation sites excluding steroid dienone is 1. The van der Waals surface area contributed by atoms with E-state index in [0.29, 0.717) is 42.3 Å². The van der Waals surface area contributed by atoms with Gasteiger partial charge in [-0.3, -0.25) is 15.0 Å². The molecule has 0 unspecified atom stereocenters. The van der Waals surface area contributed by atoms with Crippen LogP contribution in [0.25, 0.3) is 0 Å². The van der Waals surface area contributed by atoms with Crippen molar-refractivity contribution >= 4 is 35.8 Å². The number of hydrogen-bond acceptors (Lipinski definition) is 10. The van der Waals surface area contributed by atoms with Gasteiger partial charge in [0.15, 0.2) is 5.78 Å². The number of amides is 1. The van der Waals surface area contributed by atoms with E-state index in [1.807, 2.05) is 36.4 Å². The number of aromatic nitrogens is 1. The summed E-state index contributed by atoms with van der Waals surface area (Å²) in [5, 5.41) is 19.1. The molecule has 220 valence electrons. The van der Waals surface area contributed by atoms with E-state index in [2.05, 4.69) is 36.8 Å². The summed E-state index contributed by atoms with van der Waals surface area (Å²) < 4.78 is 10.6. The molecule has 1 amide bonds. The highest BCUT2D eigenvalue weighted by Crippen LogP contribution is 2.32. The van der Waals surface area contributed by atoms with Crippen LogP contribution >= 0.6 is 12.0 Å². The number of unbranched alkanes of at least 4 members (excludes halogenated alkanes) is 2. The molecule has 10 nitrogen and oxygen atoms in total. The van der Waals surface area contributed by atoms with Gasteiger partial charge in [0, 0.05) is 40.7 Å². The van der Waals surface area contributed by atoms with E-state index >= 15 is 0 Å². The fourth-order valence-electron chi connectivity index (χ4n) is 4.65. The zero-order chi connectivity index (χ0) is 29.6. The number of fused-ring (bicyclic) bond motifs is 1. The summed E-state index contributed by atoms with van der Waals surface area (Å²) in [5.41, 5.74) is 7.03. The quantitative estimate of drug-likeness (QED) is 0.0447. The van der Waals surface area contributed by atoms with Crippen molar-refractivity contribution in [2.75, 3.05) is 18.6 Å². The van der Waals surface area contributed by atoms with E-state index in [-0.39, 0.29) is 11.7 Å². The van der Waals surface area contributed by atoms with Gasteiger partial charge in [0.1, 0.15) is 11.6 Å². The second-order valence-electron chi connectivity index (χ2n) is 9.57. The predicted octanol–water partition coefficient (Wildman–Crippen LogP) is 6.18. The number of carbonyl (C=O) groups is 2. The third kappa shape index (κ3) is 8.73. The number of benzene rings is 2. The fraction of sp³-hybridized carbons (Fsp3) is 0.290. The fourth-order valence-corrected chi connectivity index (χ4v) is 5.10. The number of ether oxygens (including phenoxy) is 1. The monoisotopic (exact) mass is 590 g/mol. The maximum Gasteiger partial charge on any atom is 0.252 e. The van der Waals surface area contributed by atoms with Gasteiger partial charge in [-0.2, -0.15) is 5.10 Å². The molecule has 0 atom stereocenters. The van der Waals surface area contributed by atoms with Gasteiger partial charge in [-0.25, -0.2) is 10.2 Å². The molecule has 1 aliphatic rings. The second kappa shape index (κ2) is 16.4. The van der Waals surface area contributed by atoms with E-state index in [4.69, 9.17) is 9.99 Å². The maximum absolute atomic E-state index is 12.5. The lowest BCUT2D eigenvalue weighted by Gasteiger charge is -2.21. The Morgan fingerprint density at radius 1 is 1.12 bits per heavy atom. The average Bonchev–Trinajstić information content (AvgIpc) is 3.01. The van der Waals surface area contributed by atoms with Gasteiger partial charge in [-0.05, 0) is 74.4 Å². The van der Waals surface area contributed by atoms with Crippen molar-refractivity contribution in [3.8, 4) is 5.75 Å². The molecule has 0 saturated heterocycles. The first-order valence-corrected chi connectivity index (χ1v) is 14.5. The van der Waals surface area contributed by atoms with Crippen LogP contribution in [0.1, 0.15) is 69.5 Å². The van der Waals surface area contributed by atoms with Crippen LogP contribution in [0.15, 0.2) is 77.4 Å². The molecule has 11 heteroatoms. The van der Waals surface area contributed by atoms with Crippen LogP contribution in [0.5, 0.6) is 5.75 Å². The summed E-state index contributed by atoms with van der Waals surface area (Å²) in [5.74, 6) is 1.33. The van der Waals surface area contributed by atoms with Gasteiger partial charge in [0.2, 0.25) is 0 Å². The summed E-state index contributed by atoms with van der Waals surface area (Å²) in [6.45, 7) is 4.99. The highest BCUT2D eigenvalue weighted by atomic mass is 32.2. The Balaban J connectivity index is 1.16. The van der Waals surface area contributed by atoms with E-state index in [0.717, 1.165) is 72.2 Å². The van der Waals surface area contributed by atoms with Gasteiger partial charge in [0.25, 0.3) is 5.91 Å². The topological polar surface area (TPSA) is 131 Å². The van der Waals surface area contributed by atoms with Crippen molar-refractivity contribution in [1.29, 1.82) is 0 Å². The lowest BCUT2D eigenvalue weighted by molar-refractivity contribution is -0.432. The largest absolute Gasteiger partial charge is 0.493 e. The van der Waals surface area contributed by atoms with Crippen LogP contribution in [0.3, 0.4) is 0 Å². The number of nitrogens with one attached hydrogen (secondary N) is 2. The molecule has 1 aliphatic carbocycles. The minimum atomic E-state index is -0.191. The Bertz CT molecular complexity index is 1400. The Morgan fingerprint density at radius 2 is 2.00 bits per heavy atom. The summed E-state index contributed by atoms with van der Waals surface area (Å²) in [6.07, 6.45) is 10.6. The van der Waals surface area contributed by atoms with Gasteiger partial charge < -0.3 is 10.1 Å². The third-order valence-electron chi connectivity index (χ3n) is 6.71. The Labute approximate surface area is 249 Å². The van der Waals surface area contributed by atoms with Gasteiger partial charge in [0.05, 0.1) is 30.4 Å². The van der Waals surface area contributed by atoms with Crippen molar-refractivity contribution < 1.29 is 29.0 Å². The third-order valence-corrected chi connectivity index (χ3v) is 7.39. The van der Waals surface area contributed by atoms with Crippen molar-refractivity contribution in [1.82, 2.24) is 10.3 Å². The average molecular weight is 591 g/mol. The number of rotatable bonds is 16. The summed E-state index contributed by atoms with van der Waals surface area (Å²) in [6, 6.07) is 14.4. The van der Waals surface area contributed by atoms with E-state index in [9.17, 15) is 9.59 Å². The first-order valence-electron chi connectivity index (χ1n) is 13.8. The van der Waals surface area contributed by atoms with E-state index in [1.54, 1.807) is 24.4 Å². The van der Waals surface area contributed by atoms with Crippen molar-refractivity contribution in [2.45, 2.75) is 49.8 Å². The van der Waals surface area contributed by atoms with E-state index < -0.39 is 0 Å². The molecular formula is C31H34N4O6S. The molecule has 3 N–H and O–H groups in total. The summed E-state index contributed by atoms with van der Waals surface area (Å²) >= 11 is 0.845. The second-order valence-corrected chi connectivity index (χ2v) is 10.3. The smallest absolute Gasteiger partial charge is 0.252 e. The van der Waals surface area contributed by atoms with Gasteiger partial charge in [-0.15, -0.1) is 10.9 Å². The first kappa shape index (κ1) is 30.9. The molecule has 0 saturated carbocycles. The Hall–Kier alpha value is -4.03. The SMILES string of the molecule is C=CCc1c(OCCCCCNC(=O)c2ccc(N/N=C/c3ccccc3SOOO)nc2)ccc2c1CCCC2=O. The number of Topliss-reactive ketones (excluding diaryl/α,β-unsaturated/α-hetero) is 1. The number of ketones is 1. The Morgan fingerprint density at radius 3 is 2.81 bits per heavy atom. The number of pyridine rings is 1. The molecule has 0 radical (unpaired) electrons. The highest BCUT2D eigenvalue weighted by Gasteiger charge is 2.22. The lowest BCUT2D eigenvalue weighted by atomic mass is 9.86. The molecule has 4 rings (SSSR count). The molecule has 3 aromatic rings. The number of hydrogen-bond donors (Lipinski definition) is 3. The minimum Gasteiger partial charge on any atom is -0.493 e. The zero-order valence-electron chi connectivity index (χ0n) is 23.2. The zero-order valence-corrected chi connectivity index (χ0v) is 24.0. The number of carbonyl (C=O) groups excluding carboxylic acids is 2. The van der Waals surface area contributed by atoms with Crippen molar-refractivity contribution in [2.24, 2.45) is 5.10 Å². The lowest BCUT2D eigenvalue weighted by Crippen LogP contribution is -2.24. The molecule has 0 fully saturated rings. The summed E-state index contributed by atoms with van der Waals surface area (Å²) in [4.78, 5) is 29.7. The van der Waals surface area contributed by atoms with Crippen LogP contribution in [0.2, 0.25) is 0 Å². The number of nitrogens with zero attached hydrogens (tertiary/aromatic N) is 2. The summed E-state index contributed by atoms with van der Waals surface area (Å²) in [7, 11) is 0. The normalized spacial score (nSPS) is 12.6. The van der Waals surface area contributed by atoms with Crippen LogP contribution < -0.4 is 15.5 Å². The molecule has 0 aliphatic heterocycles. The van der Waals surface area contributed by atoms with Crippen LogP contribution in [0, 0.1) is 0 Å². The van der Waals surface area contributed by atoms with Crippen molar-refractivity contribution in [3.05, 3.63) is 95.2 Å². The molecule has 1 heterocycles. The molecule has 42 heavy (non-hydrogen) atoms. The Kier molecular flexibility index (Phi) is 12.1. The van der Waals surface area contributed by atoms with Gasteiger partial charge in [-0.1, -0.05) is 29.3 Å². The first-order chi connectivity index (χ1) is 20.6. The molecule has 1 aromatic heterocycles. The number of hydrazone groups is 1. The molecular weight excluding hydrogens is 556 g/mol. The minimum absolute atomic E-state index is 0.191. The van der Waals surface area contributed by atoms with Crippen molar-refractivity contribution in [3.63, 3.8) is 0 Å². The highest BCUT2D eigenvalue weighted by molar-refractivity contribution is 7.94. The van der Waals surface area contributed by atoms with E-state index in [1.165, 1.54) is 6.20 Å². The molecule has 2 aromatic carbocycles. The van der Waals surface area contributed by atoms with Gasteiger partial charge >= 0.3 is 0 Å². The predicted molar refractivity (Wildman–Crippen MR) is 162 cm³/mol. The number of anilines is 1. The van der Waals surface area contributed by atoms with Crippen LogP contribution in [-0.4, -0.2) is 41.3 Å². The molecule has 0 spiro atoms.